The molecule has 1 heterocycles. The van der Waals surface area contributed by atoms with Crippen molar-refractivity contribution in [2.24, 2.45) is 10.1 Å². The molecule has 0 saturated heterocycles. The Bertz CT molecular complexity index is 1090. The van der Waals surface area contributed by atoms with Crippen molar-refractivity contribution in [1.29, 1.82) is 0 Å². The number of anilines is 1. The summed E-state index contributed by atoms with van der Waals surface area (Å²) in [6.45, 7) is 2.03. The first kappa shape index (κ1) is 22.5. The third-order valence-electron chi connectivity index (χ3n) is 4.09. The van der Waals surface area contributed by atoms with E-state index in [0.29, 0.717) is 21.2 Å². The molecule has 3 rings (SSSR count). The standard InChI is InChI=1S/C23H23ClN4O2S/c1-4-30-23(29)21-20(17-12-8-9-13-18(17)24)19(31-22(21)25-15-28(2)3)14-26-27-16-10-6-5-7-11-16/h5-15,27H,4H2,1-3H3/b25-15?,26-14+. The molecule has 0 aliphatic rings. The molecule has 0 unspecified atom stereocenters. The van der Waals surface area contributed by atoms with E-state index in [9.17, 15) is 4.79 Å². The Kier molecular flexibility index (Phi) is 7.81. The van der Waals surface area contributed by atoms with E-state index in [2.05, 4.69) is 15.5 Å². The van der Waals surface area contributed by atoms with Gasteiger partial charge in [-0.1, -0.05) is 48.0 Å². The fourth-order valence-corrected chi connectivity index (χ4v) is 4.03. The number of hydrogen-bond acceptors (Lipinski definition) is 6. The molecule has 0 bridgehead atoms. The molecule has 1 N–H and O–H groups in total. The van der Waals surface area contributed by atoms with Gasteiger partial charge in [-0.05, 0) is 25.1 Å². The number of nitrogens with zero attached hydrogens (tertiary/aromatic N) is 3. The summed E-state index contributed by atoms with van der Waals surface area (Å²) < 4.78 is 5.34. The molecule has 0 saturated carbocycles. The van der Waals surface area contributed by atoms with Crippen LogP contribution in [0.5, 0.6) is 0 Å². The zero-order valence-corrected chi connectivity index (χ0v) is 19.1. The van der Waals surface area contributed by atoms with Gasteiger partial charge in [0.05, 0.1) is 29.7 Å². The van der Waals surface area contributed by atoms with Crippen molar-refractivity contribution in [3.05, 3.63) is 70.1 Å². The minimum absolute atomic E-state index is 0.256. The van der Waals surface area contributed by atoms with E-state index in [-0.39, 0.29) is 6.61 Å². The number of hydrazone groups is 1. The fourth-order valence-electron chi connectivity index (χ4n) is 2.79. The van der Waals surface area contributed by atoms with Crippen LogP contribution in [0.15, 0.2) is 64.7 Å². The molecule has 0 fully saturated rings. The number of carbonyl (C=O) groups is 1. The van der Waals surface area contributed by atoms with E-state index >= 15 is 0 Å². The number of benzene rings is 2. The van der Waals surface area contributed by atoms with Crippen LogP contribution in [0, 0.1) is 0 Å². The van der Waals surface area contributed by atoms with Gasteiger partial charge in [0.1, 0.15) is 10.6 Å². The number of rotatable bonds is 8. The van der Waals surface area contributed by atoms with Crippen molar-refractivity contribution in [2.45, 2.75) is 6.92 Å². The molecule has 1 aromatic heterocycles. The Morgan fingerprint density at radius 2 is 1.87 bits per heavy atom. The molecule has 0 aliphatic carbocycles. The van der Waals surface area contributed by atoms with E-state index in [1.165, 1.54) is 11.3 Å². The van der Waals surface area contributed by atoms with Crippen molar-refractivity contribution < 1.29 is 9.53 Å². The van der Waals surface area contributed by atoms with Gasteiger partial charge in [0.25, 0.3) is 0 Å². The molecular weight excluding hydrogens is 432 g/mol. The minimum Gasteiger partial charge on any atom is -0.462 e. The third kappa shape index (κ3) is 5.71. The number of ether oxygens (including phenoxy) is 1. The Labute approximate surface area is 190 Å². The first-order chi connectivity index (χ1) is 15.0. The molecule has 0 amide bonds. The van der Waals surface area contributed by atoms with Gasteiger partial charge in [-0.2, -0.15) is 5.10 Å². The van der Waals surface area contributed by atoms with Crippen LogP contribution in [0.4, 0.5) is 10.7 Å². The highest BCUT2D eigenvalue weighted by Gasteiger charge is 2.26. The van der Waals surface area contributed by atoms with Crippen LogP contribution in [0.2, 0.25) is 5.02 Å². The maximum atomic E-state index is 12.9. The summed E-state index contributed by atoms with van der Waals surface area (Å²) in [5, 5.41) is 5.42. The SMILES string of the molecule is CCOC(=O)c1c(N=CN(C)C)sc(/C=N/Nc2ccccc2)c1-c1ccccc1Cl. The van der Waals surface area contributed by atoms with Crippen LogP contribution in [0.1, 0.15) is 22.2 Å². The predicted octanol–water partition coefficient (Wildman–Crippen LogP) is 5.91. The van der Waals surface area contributed by atoms with Crippen LogP contribution in [0.3, 0.4) is 0 Å². The number of nitrogens with one attached hydrogen (secondary N) is 1. The lowest BCUT2D eigenvalue weighted by Crippen LogP contribution is -2.08. The molecule has 31 heavy (non-hydrogen) atoms. The van der Waals surface area contributed by atoms with Crippen molar-refractivity contribution in [2.75, 3.05) is 26.1 Å². The molecule has 0 atom stereocenters. The average Bonchev–Trinajstić information content (AvgIpc) is 3.12. The first-order valence-electron chi connectivity index (χ1n) is 9.64. The molecule has 8 heteroatoms. The van der Waals surface area contributed by atoms with Gasteiger partial charge >= 0.3 is 5.97 Å². The van der Waals surface area contributed by atoms with E-state index in [1.54, 1.807) is 30.4 Å². The number of carbonyl (C=O) groups excluding carboxylic acids is 1. The van der Waals surface area contributed by atoms with Gasteiger partial charge in [0.2, 0.25) is 0 Å². The number of thiophene rings is 1. The van der Waals surface area contributed by atoms with E-state index in [4.69, 9.17) is 16.3 Å². The van der Waals surface area contributed by atoms with Gasteiger partial charge in [-0.15, -0.1) is 11.3 Å². The molecule has 2 aromatic carbocycles. The lowest BCUT2D eigenvalue weighted by molar-refractivity contribution is 0.0529. The van der Waals surface area contributed by atoms with Crippen molar-refractivity contribution in [3.63, 3.8) is 0 Å². The molecule has 160 valence electrons. The van der Waals surface area contributed by atoms with Crippen molar-refractivity contribution >= 4 is 52.1 Å². The lowest BCUT2D eigenvalue weighted by Gasteiger charge is -2.09. The quantitative estimate of drug-likeness (QED) is 0.199. The smallest absolute Gasteiger partial charge is 0.341 e. The molecule has 3 aromatic rings. The number of hydrogen-bond donors (Lipinski definition) is 1. The third-order valence-corrected chi connectivity index (χ3v) is 5.46. The summed E-state index contributed by atoms with van der Waals surface area (Å²) in [6.07, 6.45) is 3.32. The lowest BCUT2D eigenvalue weighted by atomic mass is 10.0. The second-order valence-electron chi connectivity index (χ2n) is 6.67. The van der Waals surface area contributed by atoms with Gasteiger partial charge in [0.15, 0.2) is 0 Å². The molecule has 0 aliphatic heterocycles. The number of halogens is 1. The summed E-state index contributed by atoms with van der Waals surface area (Å²) in [5.41, 5.74) is 5.60. The highest BCUT2D eigenvalue weighted by Crippen LogP contribution is 2.43. The molecule has 0 radical (unpaired) electrons. The molecule has 0 spiro atoms. The number of esters is 1. The van der Waals surface area contributed by atoms with Crippen LogP contribution < -0.4 is 5.43 Å². The normalized spacial score (nSPS) is 11.2. The van der Waals surface area contributed by atoms with Crippen molar-refractivity contribution in [3.8, 4) is 11.1 Å². The predicted molar refractivity (Wildman–Crippen MR) is 130 cm³/mol. The van der Waals surface area contributed by atoms with E-state index in [0.717, 1.165) is 16.1 Å². The van der Waals surface area contributed by atoms with E-state index < -0.39 is 5.97 Å². The van der Waals surface area contributed by atoms with Crippen LogP contribution in [-0.2, 0) is 4.74 Å². The number of aliphatic imine (C=N–C) groups is 1. The van der Waals surface area contributed by atoms with Gasteiger partial charge in [-0.25, -0.2) is 9.79 Å². The highest BCUT2D eigenvalue weighted by molar-refractivity contribution is 7.18. The largest absolute Gasteiger partial charge is 0.462 e. The number of para-hydroxylation sites is 1. The summed E-state index contributed by atoms with van der Waals surface area (Å²) in [5.74, 6) is -0.449. The second-order valence-corrected chi connectivity index (χ2v) is 8.10. The Morgan fingerprint density at radius 3 is 2.55 bits per heavy atom. The second kappa shape index (κ2) is 10.7. The monoisotopic (exact) mass is 454 g/mol. The summed E-state index contributed by atoms with van der Waals surface area (Å²) in [7, 11) is 3.73. The molecule has 6 nitrogen and oxygen atoms in total. The van der Waals surface area contributed by atoms with Crippen LogP contribution in [0.25, 0.3) is 11.1 Å². The maximum absolute atomic E-state index is 12.9. The Balaban J connectivity index is 2.14. The zero-order chi connectivity index (χ0) is 22.2. The maximum Gasteiger partial charge on any atom is 0.341 e. The summed E-state index contributed by atoms with van der Waals surface area (Å²) in [6, 6.07) is 17.0. The Morgan fingerprint density at radius 1 is 1.16 bits per heavy atom. The Hall–Kier alpha value is -3.16. The van der Waals surface area contributed by atoms with Crippen LogP contribution in [-0.4, -0.2) is 44.1 Å². The molecular formula is C23H23ClN4O2S. The zero-order valence-electron chi connectivity index (χ0n) is 17.5. The fraction of sp³-hybridized carbons (Fsp3) is 0.174. The highest BCUT2D eigenvalue weighted by atomic mass is 35.5. The van der Waals surface area contributed by atoms with Crippen molar-refractivity contribution in [1.82, 2.24) is 4.90 Å². The average molecular weight is 455 g/mol. The van der Waals surface area contributed by atoms with E-state index in [1.807, 2.05) is 62.6 Å². The van der Waals surface area contributed by atoms with Crippen LogP contribution >= 0.6 is 22.9 Å². The van der Waals surface area contributed by atoms with Gasteiger partial charge < -0.3 is 9.64 Å². The topological polar surface area (TPSA) is 66.3 Å². The first-order valence-corrected chi connectivity index (χ1v) is 10.8. The van der Waals surface area contributed by atoms with Gasteiger partial charge in [0, 0.05) is 30.2 Å². The van der Waals surface area contributed by atoms with Gasteiger partial charge in [-0.3, -0.25) is 5.43 Å². The summed E-state index contributed by atoms with van der Waals surface area (Å²) >= 11 is 7.84. The minimum atomic E-state index is -0.449. The summed E-state index contributed by atoms with van der Waals surface area (Å²) in [4.78, 5) is 20.0.